The number of nitrogens with zero attached hydrogens (tertiary/aromatic N) is 2. The molecule has 1 N–H and O–H groups in total. The molecule has 0 spiro atoms. The predicted molar refractivity (Wildman–Crippen MR) is 142 cm³/mol. The van der Waals surface area contributed by atoms with Crippen LogP contribution in [0.2, 0.25) is 0 Å². The van der Waals surface area contributed by atoms with Crippen molar-refractivity contribution in [1.82, 2.24) is 9.78 Å². The Bertz CT molecular complexity index is 1390. The molecular formula is C29H29N3O5. The molecule has 8 heteroatoms. The van der Waals surface area contributed by atoms with Gasteiger partial charge in [-0.15, -0.1) is 0 Å². The second-order valence-electron chi connectivity index (χ2n) is 8.69. The molecule has 0 aliphatic rings. The van der Waals surface area contributed by atoms with Gasteiger partial charge in [-0.2, -0.15) is 9.78 Å². The monoisotopic (exact) mass is 499 g/mol. The van der Waals surface area contributed by atoms with Gasteiger partial charge in [-0.25, -0.2) is 0 Å². The number of hydrogen-bond donors (Lipinski definition) is 1. The summed E-state index contributed by atoms with van der Waals surface area (Å²) in [6.45, 7) is 5.02. The first kappa shape index (κ1) is 25.5. The largest absolute Gasteiger partial charge is 0.497 e. The van der Waals surface area contributed by atoms with Crippen molar-refractivity contribution >= 4 is 17.6 Å². The van der Waals surface area contributed by atoms with Crippen LogP contribution >= 0.6 is 0 Å². The summed E-state index contributed by atoms with van der Waals surface area (Å²) in [6, 6.07) is 22.2. The number of carbonyl (C=O) groups excluding carboxylic acids is 2. The molecule has 8 nitrogen and oxygen atoms in total. The second kappa shape index (κ2) is 11.0. The van der Waals surface area contributed by atoms with E-state index in [1.54, 1.807) is 25.0 Å². The Balaban J connectivity index is 1.95. The summed E-state index contributed by atoms with van der Waals surface area (Å²) in [6.07, 6.45) is 0. The van der Waals surface area contributed by atoms with Crippen molar-refractivity contribution in [2.45, 2.75) is 20.8 Å². The van der Waals surface area contributed by atoms with Crippen molar-refractivity contribution in [2.75, 3.05) is 19.5 Å². The van der Waals surface area contributed by atoms with Crippen molar-refractivity contribution in [1.29, 1.82) is 0 Å². The molecule has 37 heavy (non-hydrogen) atoms. The lowest BCUT2D eigenvalue weighted by Gasteiger charge is -2.12. The smallest absolute Gasteiger partial charge is 0.309 e. The summed E-state index contributed by atoms with van der Waals surface area (Å²) in [5.41, 5.74) is 4.02. The lowest BCUT2D eigenvalue weighted by molar-refractivity contribution is -0.132. The predicted octanol–water partition coefficient (Wildman–Crippen LogP) is 5.74. The van der Waals surface area contributed by atoms with Gasteiger partial charge in [-0.3, -0.25) is 9.59 Å². The highest BCUT2D eigenvalue weighted by molar-refractivity contribution is 5.93. The van der Waals surface area contributed by atoms with Gasteiger partial charge in [0.2, 0.25) is 11.8 Å². The van der Waals surface area contributed by atoms with E-state index in [1.807, 2.05) is 80.6 Å². The minimum atomic E-state index is -0.478. The van der Waals surface area contributed by atoms with E-state index in [2.05, 4.69) is 5.32 Å². The summed E-state index contributed by atoms with van der Waals surface area (Å²) in [7, 11) is 3.16. The number of benzene rings is 3. The van der Waals surface area contributed by atoms with Crippen LogP contribution < -0.4 is 19.5 Å². The van der Waals surface area contributed by atoms with E-state index < -0.39 is 5.97 Å². The molecule has 0 radical (unpaired) electrons. The van der Waals surface area contributed by atoms with Gasteiger partial charge in [-0.05, 0) is 42.0 Å². The van der Waals surface area contributed by atoms with Gasteiger partial charge >= 0.3 is 5.97 Å². The molecule has 1 heterocycles. The highest BCUT2D eigenvalue weighted by Crippen LogP contribution is 2.42. The number of anilines is 1. The Morgan fingerprint density at radius 2 is 1.49 bits per heavy atom. The first-order valence-electron chi connectivity index (χ1n) is 11.8. The number of esters is 1. The van der Waals surface area contributed by atoms with E-state index in [0.29, 0.717) is 34.0 Å². The van der Waals surface area contributed by atoms with E-state index in [4.69, 9.17) is 19.3 Å². The summed E-state index contributed by atoms with van der Waals surface area (Å²) in [4.78, 5) is 24.4. The summed E-state index contributed by atoms with van der Waals surface area (Å²) >= 11 is 0. The minimum Gasteiger partial charge on any atom is -0.497 e. The number of ether oxygens (including phenoxy) is 3. The van der Waals surface area contributed by atoms with Gasteiger partial charge < -0.3 is 19.5 Å². The maximum absolute atomic E-state index is 12.2. The number of hydrogen-bond acceptors (Lipinski definition) is 6. The fourth-order valence-corrected chi connectivity index (χ4v) is 3.79. The van der Waals surface area contributed by atoms with Gasteiger partial charge in [0.15, 0.2) is 0 Å². The number of methoxy groups -OCH3 is 2. The number of aromatic nitrogens is 2. The van der Waals surface area contributed by atoms with Crippen LogP contribution in [-0.2, 0) is 9.59 Å². The molecule has 4 aromatic rings. The normalized spacial score (nSPS) is 10.8. The third-order valence-corrected chi connectivity index (χ3v) is 5.67. The quantitative estimate of drug-likeness (QED) is 0.311. The van der Waals surface area contributed by atoms with Crippen molar-refractivity contribution in [3.8, 4) is 45.5 Å². The molecule has 1 amide bonds. The van der Waals surface area contributed by atoms with Gasteiger partial charge in [0.25, 0.3) is 0 Å². The molecule has 190 valence electrons. The molecule has 1 aromatic heterocycles. The Labute approximate surface area is 215 Å². The summed E-state index contributed by atoms with van der Waals surface area (Å²) in [5, 5.41) is 7.78. The average Bonchev–Trinajstić information content (AvgIpc) is 3.27. The van der Waals surface area contributed by atoms with Crippen LogP contribution in [0.4, 0.5) is 5.69 Å². The second-order valence-corrected chi connectivity index (χ2v) is 8.69. The third-order valence-electron chi connectivity index (χ3n) is 5.67. The van der Waals surface area contributed by atoms with Crippen molar-refractivity contribution in [2.24, 2.45) is 5.92 Å². The number of amides is 1. The Morgan fingerprint density at radius 3 is 2.03 bits per heavy atom. The van der Waals surface area contributed by atoms with Gasteiger partial charge in [0.1, 0.15) is 17.2 Å². The number of rotatable bonds is 8. The first-order chi connectivity index (χ1) is 17.8. The van der Waals surface area contributed by atoms with Crippen LogP contribution in [0.3, 0.4) is 0 Å². The number of carbonyl (C=O) groups is 2. The number of nitrogens with one attached hydrogen (secondary N) is 1. The van der Waals surface area contributed by atoms with Crippen molar-refractivity contribution in [3.05, 3.63) is 72.8 Å². The molecule has 0 unspecified atom stereocenters. The van der Waals surface area contributed by atoms with Crippen LogP contribution in [0.5, 0.6) is 17.4 Å². The van der Waals surface area contributed by atoms with E-state index in [-0.39, 0.29) is 17.7 Å². The molecule has 0 aliphatic carbocycles. The van der Waals surface area contributed by atoms with Crippen LogP contribution in [0.25, 0.3) is 28.1 Å². The van der Waals surface area contributed by atoms with Crippen molar-refractivity contribution in [3.63, 3.8) is 0 Å². The standard InChI is InChI=1S/C29H29N3O5/c1-18(2)28(34)30-22-13-11-20(12-14-22)26-27(21-15-24(35-4)17-25(16-21)36-5)31-32(29(26)37-19(3)33)23-9-7-6-8-10-23/h6-18H,1-5H3,(H,30,34). The summed E-state index contributed by atoms with van der Waals surface area (Å²) < 4.78 is 18.3. The van der Waals surface area contributed by atoms with E-state index >= 15 is 0 Å². The van der Waals surface area contributed by atoms with E-state index in [1.165, 1.54) is 6.92 Å². The third kappa shape index (κ3) is 5.64. The maximum atomic E-state index is 12.2. The highest BCUT2D eigenvalue weighted by atomic mass is 16.5. The van der Waals surface area contributed by atoms with Crippen LogP contribution in [0.15, 0.2) is 72.8 Å². The molecule has 0 saturated carbocycles. The maximum Gasteiger partial charge on any atom is 0.309 e. The number of para-hydroxylation sites is 1. The zero-order valence-electron chi connectivity index (χ0n) is 21.4. The van der Waals surface area contributed by atoms with Gasteiger partial charge in [0, 0.05) is 30.2 Å². The van der Waals surface area contributed by atoms with Crippen molar-refractivity contribution < 1.29 is 23.8 Å². The Hall–Kier alpha value is -4.59. The Kier molecular flexibility index (Phi) is 7.57. The molecule has 0 aliphatic heterocycles. The fraction of sp³-hybridized carbons (Fsp3) is 0.207. The summed E-state index contributed by atoms with van der Waals surface area (Å²) in [5.74, 6) is 0.762. The lowest BCUT2D eigenvalue weighted by atomic mass is 10.0. The van der Waals surface area contributed by atoms with Crippen LogP contribution in [-0.4, -0.2) is 35.9 Å². The van der Waals surface area contributed by atoms with E-state index in [9.17, 15) is 9.59 Å². The van der Waals surface area contributed by atoms with Gasteiger partial charge in [-0.1, -0.05) is 44.2 Å². The van der Waals surface area contributed by atoms with Crippen LogP contribution in [0, 0.1) is 5.92 Å². The molecule has 0 saturated heterocycles. The van der Waals surface area contributed by atoms with Crippen LogP contribution in [0.1, 0.15) is 20.8 Å². The molecule has 0 atom stereocenters. The first-order valence-corrected chi connectivity index (χ1v) is 11.8. The van der Waals surface area contributed by atoms with E-state index in [0.717, 1.165) is 11.3 Å². The minimum absolute atomic E-state index is 0.0746. The fourth-order valence-electron chi connectivity index (χ4n) is 3.79. The molecule has 0 bridgehead atoms. The van der Waals surface area contributed by atoms with Gasteiger partial charge in [0.05, 0.1) is 25.5 Å². The molecular weight excluding hydrogens is 470 g/mol. The zero-order valence-corrected chi connectivity index (χ0v) is 21.4. The zero-order chi connectivity index (χ0) is 26.5. The Morgan fingerprint density at radius 1 is 0.865 bits per heavy atom. The SMILES string of the molecule is COc1cc(OC)cc(-c2nn(-c3ccccc3)c(OC(C)=O)c2-c2ccc(NC(=O)C(C)C)cc2)c1. The molecule has 4 rings (SSSR count). The molecule has 0 fully saturated rings. The lowest BCUT2D eigenvalue weighted by Crippen LogP contribution is -2.17. The highest BCUT2D eigenvalue weighted by Gasteiger charge is 2.25. The molecule has 3 aromatic carbocycles. The average molecular weight is 500 g/mol. The topological polar surface area (TPSA) is 91.7 Å².